The zero-order valence-corrected chi connectivity index (χ0v) is 17.4. The molecule has 0 unspecified atom stereocenters. The second kappa shape index (κ2) is 8.05. The molecule has 0 saturated carbocycles. The molecule has 0 aliphatic rings. The number of carbonyl (C=O) groups excluding carboxylic acids is 2. The highest BCUT2D eigenvalue weighted by molar-refractivity contribution is 5.98. The lowest BCUT2D eigenvalue weighted by Crippen LogP contribution is -2.27. The first-order valence-electron chi connectivity index (χ1n) is 9.29. The molecule has 30 heavy (non-hydrogen) atoms. The minimum absolute atomic E-state index is 0.0970. The van der Waals surface area contributed by atoms with Crippen LogP contribution >= 0.6 is 0 Å². The summed E-state index contributed by atoms with van der Waals surface area (Å²) in [6.45, 7) is 8.87. The summed E-state index contributed by atoms with van der Waals surface area (Å²) < 4.78 is 20.5. The smallest absolute Gasteiger partial charge is 0.412 e. The van der Waals surface area contributed by atoms with Gasteiger partial charge in [-0.25, -0.2) is 18.7 Å². The highest BCUT2D eigenvalue weighted by Gasteiger charge is 2.19. The first-order valence-corrected chi connectivity index (χ1v) is 9.29. The van der Waals surface area contributed by atoms with Gasteiger partial charge >= 0.3 is 6.09 Å². The Kier molecular flexibility index (Phi) is 5.68. The van der Waals surface area contributed by atoms with E-state index in [1.54, 1.807) is 25.3 Å². The van der Waals surface area contributed by atoms with E-state index in [-0.39, 0.29) is 23.6 Å². The Morgan fingerprint density at radius 3 is 2.53 bits per heavy atom. The van der Waals surface area contributed by atoms with Crippen molar-refractivity contribution in [3.8, 4) is 0 Å². The Morgan fingerprint density at radius 1 is 1.10 bits per heavy atom. The van der Waals surface area contributed by atoms with E-state index in [2.05, 4.69) is 25.7 Å². The predicted octanol–water partition coefficient (Wildman–Crippen LogP) is 3.41. The number of anilines is 2. The number of rotatable bonds is 4. The van der Waals surface area contributed by atoms with Gasteiger partial charge in [-0.2, -0.15) is 4.98 Å². The van der Waals surface area contributed by atoms with Gasteiger partial charge < -0.3 is 10.1 Å². The molecule has 0 aliphatic carbocycles. The Hall–Kier alpha value is -3.56. The lowest BCUT2D eigenvalue weighted by molar-refractivity contribution is -0.115. The molecule has 0 spiro atoms. The van der Waals surface area contributed by atoms with Crippen molar-refractivity contribution in [3.63, 3.8) is 0 Å². The van der Waals surface area contributed by atoms with Crippen molar-refractivity contribution >= 4 is 29.2 Å². The summed E-state index contributed by atoms with van der Waals surface area (Å²) in [6, 6.07) is 5.47. The predicted molar refractivity (Wildman–Crippen MR) is 109 cm³/mol. The van der Waals surface area contributed by atoms with Gasteiger partial charge in [0, 0.05) is 11.4 Å². The van der Waals surface area contributed by atoms with Crippen molar-refractivity contribution in [2.45, 2.75) is 46.6 Å². The van der Waals surface area contributed by atoms with E-state index in [0.29, 0.717) is 5.78 Å². The standard InChI is InChI=1S/C20H23FN6O3/c1-11-8-12(2)27-18(22-11)25-16(26-27)10-17(28)23-15-9-13(21)6-7-14(15)24-19(29)30-20(3,4)5/h6-9H,10H2,1-5H3,(H,23,28)(H,24,29). The minimum atomic E-state index is -0.719. The number of aromatic nitrogens is 4. The lowest BCUT2D eigenvalue weighted by atomic mass is 10.2. The summed E-state index contributed by atoms with van der Waals surface area (Å²) in [5.74, 6) is -0.376. The van der Waals surface area contributed by atoms with Gasteiger partial charge in [-0.3, -0.25) is 10.1 Å². The number of fused-ring (bicyclic) bond motifs is 1. The molecule has 0 radical (unpaired) electrons. The van der Waals surface area contributed by atoms with Crippen LogP contribution in [0.15, 0.2) is 24.3 Å². The van der Waals surface area contributed by atoms with Crippen LogP contribution in [0.1, 0.15) is 38.0 Å². The lowest BCUT2D eigenvalue weighted by Gasteiger charge is -2.20. The second-order valence-electron chi connectivity index (χ2n) is 7.82. The van der Waals surface area contributed by atoms with Crippen molar-refractivity contribution in [1.29, 1.82) is 0 Å². The van der Waals surface area contributed by atoms with Gasteiger partial charge in [0.2, 0.25) is 5.91 Å². The van der Waals surface area contributed by atoms with E-state index in [4.69, 9.17) is 4.74 Å². The molecule has 2 amide bonds. The molecule has 0 bridgehead atoms. The number of nitrogens with zero attached hydrogens (tertiary/aromatic N) is 4. The third-order valence-corrected chi connectivity index (χ3v) is 3.87. The van der Waals surface area contributed by atoms with Crippen LogP contribution in [0, 0.1) is 19.7 Å². The molecule has 3 rings (SSSR count). The van der Waals surface area contributed by atoms with Gasteiger partial charge in [-0.05, 0) is 58.9 Å². The molecule has 0 atom stereocenters. The highest BCUT2D eigenvalue weighted by Crippen LogP contribution is 2.24. The number of nitrogens with one attached hydrogen (secondary N) is 2. The molecule has 158 valence electrons. The fourth-order valence-corrected chi connectivity index (χ4v) is 2.76. The number of halogens is 1. The Labute approximate surface area is 172 Å². The number of hydrogen-bond acceptors (Lipinski definition) is 6. The van der Waals surface area contributed by atoms with Gasteiger partial charge in [-0.1, -0.05) is 0 Å². The second-order valence-corrected chi connectivity index (χ2v) is 7.82. The van der Waals surface area contributed by atoms with Crippen LogP contribution in [-0.4, -0.2) is 37.2 Å². The first kappa shape index (κ1) is 21.2. The number of benzene rings is 1. The van der Waals surface area contributed by atoms with Crippen LogP contribution in [0.5, 0.6) is 0 Å². The number of carbonyl (C=O) groups is 2. The van der Waals surface area contributed by atoms with Crippen molar-refractivity contribution in [2.75, 3.05) is 10.6 Å². The molecular formula is C20H23FN6O3. The zero-order chi connectivity index (χ0) is 22.1. The van der Waals surface area contributed by atoms with E-state index in [0.717, 1.165) is 17.5 Å². The van der Waals surface area contributed by atoms with Crippen molar-refractivity contribution < 1.29 is 18.7 Å². The third-order valence-electron chi connectivity index (χ3n) is 3.87. The van der Waals surface area contributed by atoms with Crippen molar-refractivity contribution in [3.05, 3.63) is 47.3 Å². The maximum absolute atomic E-state index is 13.7. The molecule has 2 heterocycles. The van der Waals surface area contributed by atoms with Gasteiger partial charge in [0.15, 0.2) is 5.82 Å². The van der Waals surface area contributed by atoms with E-state index in [1.165, 1.54) is 12.1 Å². The van der Waals surface area contributed by atoms with Crippen molar-refractivity contribution in [2.24, 2.45) is 0 Å². The maximum atomic E-state index is 13.7. The normalized spacial score (nSPS) is 11.4. The highest BCUT2D eigenvalue weighted by atomic mass is 19.1. The summed E-state index contributed by atoms with van der Waals surface area (Å²) in [5.41, 5.74) is 1.23. The van der Waals surface area contributed by atoms with E-state index in [9.17, 15) is 14.0 Å². The number of amides is 2. The number of hydrogen-bond donors (Lipinski definition) is 2. The largest absolute Gasteiger partial charge is 0.444 e. The Bertz CT molecular complexity index is 1120. The van der Waals surface area contributed by atoms with Crippen LogP contribution < -0.4 is 10.6 Å². The summed E-state index contributed by atoms with van der Waals surface area (Å²) in [5, 5.41) is 9.37. The van der Waals surface area contributed by atoms with Gasteiger partial charge in [0.25, 0.3) is 5.78 Å². The van der Waals surface area contributed by atoms with Gasteiger partial charge in [-0.15, -0.1) is 5.10 Å². The van der Waals surface area contributed by atoms with Crippen LogP contribution in [0.25, 0.3) is 5.78 Å². The van der Waals surface area contributed by atoms with E-state index < -0.39 is 23.4 Å². The van der Waals surface area contributed by atoms with Crippen LogP contribution in [0.2, 0.25) is 0 Å². The van der Waals surface area contributed by atoms with E-state index in [1.807, 2.05) is 19.9 Å². The number of aryl methyl sites for hydroxylation is 2. The molecule has 9 nitrogen and oxygen atoms in total. The van der Waals surface area contributed by atoms with Crippen LogP contribution in [0.3, 0.4) is 0 Å². The summed E-state index contributed by atoms with van der Waals surface area (Å²) in [7, 11) is 0. The summed E-state index contributed by atoms with van der Waals surface area (Å²) in [6.07, 6.45) is -0.868. The average Bonchev–Trinajstić information content (AvgIpc) is 2.98. The molecular weight excluding hydrogens is 391 g/mol. The summed E-state index contributed by atoms with van der Waals surface area (Å²) >= 11 is 0. The molecule has 2 N–H and O–H groups in total. The topological polar surface area (TPSA) is 111 Å². The zero-order valence-electron chi connectivity index (χ0n) is 17.4. The third kappa shape index (κ3) is 5.28. The Morgan fingerprint density at radius 2 is 1.83 bits per heavy atom. The first-order chi connectivity index (χ1) is 14.0. The van der Waals surface area contributed by atoms with E-state index >= 15 is 0 Å². The molecule has 10 heteroatoms. The van der Waals surface area contributed by atoms with Crippen molar-refractivity contribution in [1.82, 2.24) is 19.6 Å². The molecule has 0 aliphatic heterocycles. The monoisotopic (exact) mass is 414 g/mol. The minimum Gasteiger partial charge on any atom is -0.444 e. The molecule has 0 saturated heterocycles. The molecule has 0 fully saturated rings. The fraction of sp³-hybridized carbons (Fsp3) is 0.350. The molecule has 2 aromatic heterocycles. The fourth-order valence-electron chi connectivity index (χ4n) is 2.76. The van der Waals surface area contributed by atoms with Gasteiger partial charge in [0.05, 0.1) is 17.8 Å². The summed E-state index contributed by atoms with van der Waals surface area (Å²) in [4.78, 5) is 33.1. The molecule has 3 aromatic rings. The SMILES string of the molecule is Cc1cc(C)n2nc(CC(=O)Nc3cc(F)ccc3NC(=O)OC(C)(C)C)nc2n1. The Balaban J connectivity index is 1.75. The van der Waals surface area contributed by atoms with Gasteiger partial charge in [0.1, 0.15) is 11.4 Å². The van der Waals surface area contributed by atoms with Crippen LogP contribution in [-0.2, 0) is 16.0 Å². The quantitative estimate of drug-likeness (QED) is 0.677. The van der Waals surface area contributed by atoms with Crippen LogP contribution in [0.4, 0.5) is 20.6 Å². The molecule has 1 aromatic carbocycles. The average molecular weight is 414 g/mol. The maximum Gasteiger partial charge on any atom is 0.412 e. The number of ether oxygens (including phenoxy) is 1.